The number of hydrogen-bond donors (Lipinski definition) is 1. The minimum Gasteiger partial charge on any atom is -0.434 e. The summed E-state index contributed by atoms with van der Waals surface area (Å²) in [6.07, 6.45) is 0.208. The number of carbonyl (C=O) groups excluding carboxylic acids is 1. The average Bonchev–Trinajstić information content (AvgIpc) is 2.66. The molecule has 3 rings (SSSR count). The summed E-state index contributed by atoms with van der Waals surface area (Å²) in [5.41, 5.74) is 0.0813. The van der Waals surface area contributed by atoms with Crippen LogP contribution in [0.3, 0.4) is 0 Å². The van der Waals surface area contributed by atoms with E-state index in [-0.39, 0.29) is 24.3 Å². The highest BCUT2D eigenvalue weighted by atomic mass is 19.1. The SMILES string of the molecule is CCOC(=O)Oc1cn(CCF)c2cc(N3CCNCC3)c(F)cc2c1=O. The van der Waals surface area contributed by atoms with Crippen LogP contribution in [0.25, 0.3) is 10.9 Å². The molecule has 2 aromatic rings. The van der Waals surface area contributed by atoms with Crippen LogP contribution in [0, 0.1) is 5.82 Å². The lowest BCUT2D eigenvalue weighted by molar-refractivity contribution is 0.104. The normalized spacial score (nSPS) is 14.4. The number of rotatable bonds is 5. The number of hydrogen-bond acceptors (Lipinski definition) is 6. The molecule has 146 valence electrons. The second-order valence-corrected chi connectivity index (χ2v) is 6.05. The van der Waals surface area contributed by atoms with Crippen LogP contribution in [0.15, 0.2) is 23.1 Å². The van der Waals surface area contributed by atoms with Crippen molar-refractivity contribution in [1.29, 1.82) is 0 Å². The molecule has 7 nitrogen and oxygen atoms in total. The number of nitrogens with zero attached hydrogens (tertiary/aromatic N) is 2. The van der Waals surface area contributed by atoms with Gasteiger partial charge in [0.15, 0.2) is 5.75 Å². The fraction of sp³-hybridized carbons (Fsp3) is 0.444. The van der Waals surface area contributed by atoms with E-state index >= 15 is 0 Å². The molecule has 0 saturated carbocycles. The van der Waals surface area contributed by atoms with Gasteiger partial charge >= 0.3 is 6.16 Å². The number of halogens is 2. The summed E-state index contributed by atoms with van der Waals surface area (Å²) < 4.78 is 38.7. The Morgan fingerprint density at radius 2 is 2.04 bits per heavy atom. The molecular weight excluding hydrogens is 360 g/mol. The molecule has 1 N–H and O–H groups in total. The standard InChI is InChI=1S/C18H21F2N3O4/c1-2-26-18(25)27-16-11-23(6-3-19)14-10-15(22-7-4-21-5-8-22)13(20)9-12(14)17(16)24/h9-11,21H,2-8H2,1H3. The predicted molar refractivity (Wildman–Crippen MR) is 96.9 cm³/mol. The number of fused-ring (bicyclic) bond motifs is 1. The zero-order chi connectivity index (χ0) is 19.4. The lowest BCUT2D eigenvalue weighted by Gasteiger charge is -2.30. The van der Waals surface area contributed by atoms with Gasteiger partial charge in [-0.2, -0.15) is 0 Å². The van der Waals surface area contributed by atoms with Crippen molar-refractivity contribution >= 4 is 22.7 Å². The maximum Gasteiger partial charge on any atom is 0.514 e. The molecule has 0 radical (unpaired) electrons. The Hall–Kier alpha value is -2.68. The number of ether oxygens (including phenoxy) is 2. The largest absolute Gasteiger partial charge is 0.514 e. The second-order valence-electron chi connectivity index (χ2n) is 6.05. The van der Waals surface area contributed by atoms with Crippen LogP contribution in [0.4, 0.5) is 19.3 Å². The molecule has 0 bridgehead atoms. The lowest BCUT2D eigenvalue weighted by atomic mass is 10.1. The van der Waals surface area contributed by atoms with Gasteiger partial charge in [0.1, 0.15) is 12.5 Å². The monoisotopic (exact) mass is 381 g/mol. The van der Waals surface area contributed by atoms with Crippen LogP contribution in [-0.4, -0.2) is 50.2 Å². The number of nitrogens with one attached hydrogen (secondary N) is 1. The summed E-state index contributed by atoms with van der Waals surface area (Å²) in [7, 11) is 0. The maximum atomic E-state index is 14.7. The fourth-order valence-corrected chi connectivity index (χ4v) is 3.11. The minimum absolute atomic E-state index is 0.0154. The Kier molecular flexibility index (Phi) is 5.90. The number of pyridine rings is 1. The van der Waals surface area contributed by atoms with Crippen LogP contribution >= 0.6 is 0 Å². The first kappa shape index (κ1) is 19.1. The van der Waals surface area contributed by atoms with Gasteiger partial charge in [-0.15, -0.1) is 0 Å². The molecule has 0 spiro atoms. The molecule has 1 aliphatic rings. The van der Waals surface area contributed by atoms with Gasteiger partial charge in [-0.25, -0.2) is 13.6 Å². The van der Waals surface area contributed by atoms with Gasteiger partial charge in [0, 0.05) is 26.2 Å². The van der Waals surface area contributed by atoms with Crippen molar-refractivity contribution in [3.63, 3.8) is 0 Å². The Morgan fingerprint density at radius 1 is 1.30 bits per heavy atom. The molecule has 1 saturated heterocycles. The average molecular weight is 381 g/mol. The van der Waals surface area contributed by atoms with E-state index in [4.69, 9.17) is 4.74 Å². The number of benzene rings is 1. The molecule has 0 unspecified atom stereocenters. The highest BCUT2D eigenvalue weighted by molar-refractivity contribution is 5.85. The van der Waals surface area contributed by atoms with Gasteiger partial charge in [0.25, 0.3) is 0 Å². The van der Waals surface area contributed by atoms with Crippen molar-refractivity contribution in [3.05, 3.63) is 34.4 Å². The molecule has 1 aromatic carbocycles. The number of aryl methyl sites for hydroxylation is 1. The molecule has 1 aliphatic heterocycles. The number of piperazine rings is 1. The van der Waals surface area contributed by atoms with Crippen molar-refractivity contribution in [2.45, 2.75) is 13.5 Å². The van der Waals surface area contributed by atoms with E-state index in [0.717, 1.165) is 19.2 Å². The third-order valence-corrected chi connectivity index (χ3v) is 4.35. The zero-order valence-electron chi connectivity index (χ0n) is 15.0. The van der Waals surface area contributed by atoms with E-state index in [1.807, 2.05) is 4.90 Å². The van der Waals surface area contributed by atoms with E-state index in [1.165, 1.54) is 10.8 Å². The summed E-state index contributed by atoms with van der Waals surface area (Å²) in [5, 5.41) is 3.20. The van der Waals surface area contributed by atoms with Crippen molar-refractivity contribution in [1.82, 2.24) is 9.88 Å². The summed E-state index contributed by atoms with van der Waals surface area (Å²) in [5.74, 6) is -0.884. The molecule has 2 heterocycles. The number of alkyl halides is 1. The van der Waals surface area contributed by atoms with Crippen LogP contribution in [0.2, 0.25) is 0 Å². The van der Waals surface area contributed by atoms with Crippen LogP contribution < -0.4 is 20.4 Å². The minimum atomic E-state index is -1.04. The van der Waals surface area contributed by atoms with Gasteiger partial charge in [-0.05, 0) is 19.1 Å². The first-order valence-electron chi connectivity index (χ1n) is 8.78. The molecule has 1 fully saturated rings. The smallest absolute Gasteiger partial charge is 0.434 e. The van der Waals surface area contributed by atoms with E-state index in [1.54, 1.807) is 13.0 Å². The summed E-state index contributed by atoms with van der Waals surface area (Å²) in [4.78, 5) is 26.1. The van der Waals surface area contributed by atoms with Crippen LogP contribution in [0.5, 0.6) is 5.75 Å². The highest BCUT2D eigenvalue weighted by Crippen LogP contribution is 2.26. The van der Waals surface area contributed by atoms with E-state index in [2.05, 4.69) is 10.1 Å². The Labute approximate surface area is 154 Å². The van der Waals surface area contributed by atoms with Gasteiger partial charge in [0.05, 0.1) is 35.9 Å². The van der Waals surface area contributed by atoms with Gasteiger partial charge in [-0.3, -0.25) is 4.79 Å². The Balaban J connectivity index is 2.11. The van der Waals surface area contributed by atoms with Crippen molar-refractivity contribution < 1.29 is 23.0 Å². The predicted octanol–water partition coefficient (Wildman–Crippen LogP) is 2.05. The fourth-order valence-electron chi connectivity index (χ4n) is 3.11. The maximum absolute atomic E-state index is 14.7. The first-order valence-corrected chi connectivity index (χ1v) is 8.78. The summed E-state index contributed by atoms with van der Waals surface area (Å²) in [6.45, 7) is 3.60. The third-order valence-electron chi connectivity index (χ3n) is 4.35. The van der Waals surface area contributed by atoms with Gasteiger partial charge < -0.3 is 24.3 Å². The van der Waals surface area contributed by atoms with Gasteiger partial charge in [0.2, 0.25) is 5.43 Å². The molecule has 0 atom stereocenters. The van der Waals surface area contributed by atoms with E-state index in [0.29, 0.717) is 24.3 Å². The Morgan fingerprint density at radius 3 is 2.70 bits per heavy atom. The Bertz CT molecular complexity index is 894. The number of aromatic nitrogens is 1. The van der Waals surface area contributed by atoms with E-state index < -0.39 is 24.1 Å². The molecule has 9 heteroatoms. The zero-order valence-corrected chi connectivity index (χ0v) is 15.0. The highest BCUT2D eigenvalue weighted by Gasteiger charge is 2.20. The third kappa shape index (κ3) is 4.02. The van der Waals surface area contributed by atoms with Crippen molar-refractivity contribution in [3.8, 4) is 5.75 Å². The molecule has 27 heavy (non-hydrogen) atoms. The molecule has 0 amide bonds. The van der Waals surface area contributed by atoms with E-state index in [9.17, 15) is 18.4 Å². The van der Waals surface area contributed by atoms with Crippen molar-refractivity contribution in [2.75, 3.05) is 44.4 Å². The van der Waals surface area contributed by atoms with Gasteiger partial charge in [-0.1, -0.05) is 0 Å². The summed E-state index contributed by atoms with van der Waals surface area (Å²) in [6, 6.07) is 2.66. The lowest BCUT2D eigenvalue weighted by Crippen LogP contribution is -2.43. The van der Waals surface area contributed by atoms with Crippen LogP contribution in [-0.2, 0) is 11.3 Å². The molecular formula is C18H21F2N3O4. The molecule has 0 aliphatic carbocycles. The first-order chi connectivity index (χ1) is 13.0. The second kappa shape index (κ2) is 8.34. The quantitative estimate of drug-likeness (QED) is 0.800. The summed E-state index contributed by atoms with van der Waals surface area (Å²) >= 11 is 0. The topological polar surface area (TPSA) is 72.8 Å². The molecule has 1 aromatic heterocycles. The van der Waals surface area contributed by atoms with Crippen molar-refractivity contribution in [2.24, 2.45) is 0 Å². The van der Waals surface area contributed by atoms with Crippen LogP contribution in [0.1, 0.15) is 6.92 Å². The number of anilines is 1. The number of carbonyl (C=O) groups is 1.